The molecule has 0 radical (unpaired) electrons. The summed E-state index contributed by atoms with van der Waals surface area (Å²) < 4.78 is 42.5. The highest BCUT2D eigenvalue weighted by Crippen LogP contribution is 2.32. The number of hydrogen-bond acceptors (Lipinski definition) is 4. The number of halogens is 1. The maximum Gasteiger partial charge on any atom is 0.191 e. The largest absolute Gasteiger partial charge is 0.493 e. The van der Waals surface area contributed by atoms with Crippen LogP contribution in [-0.2, 0) is 9.84 Å². The van der Waals surface area contributed by atoms with Gasteiger partial charge in [-0.1, -0.05) is 0 Å². The second kappa shape index (κ2) is 7.82. The average Bonchev–Trinajstić information content (AvgIpc) is 2.92. The van der Waals surface area contributed by atoms with Gasteiger partial charge in [-0.3, -0.25) is 4.99 Å². The van der Waals surface area contributed by atoms with E-state index < -0.39 is 9.84 Å². The Morgan fingerprint density at radius 3 is 2.88 bits per heavy atom. The first-order valence-corrected chi connectivity index (χ1v) is 10.8. The number of ether oxygens (including phenoxy) is 1. The molecule has 0 aromatic heterocycles. The molecule has 2 unspecified atom stereocenters. The molecule has 2 N–H and O–H groups in total. The third-order valence-corrected chi connectivity index (χ3v) is 6.42. The molecule has 6 nitrogen and oxygen atoms in total. The summed E-state index contributed by atoms with van der Waals surface area (Å²) in [4.78, 5) is 4.60. The predicted octanol–water partition coefficient (Wildman–Crippen LogP) is 2.03. The third-order valence-electron chi connectivity index (χ3n) is 4.58. The van der Waals surface area contributed by atoms with E-state index >= 15 is 0 Å². The maximum absolute atomic E-state index is 13.7. The molecule has 2 heterocycles. The van der Waals surface area contributed by atoms with Crippen LogP contribution in [0.1, 0.15) is 38.3 Å². The quantitative estimate of drug-likeness (QED) is 0.614. The van der Waals surface area contributed by atoms with Gasteiger partial charge in [0.1, 0.15) is 11.6 Å². The number of aliphatic imine (C=N–C) groups is 1. The fourth-order valence-corrected chi connectivity index (χ4v) is 5.17. The van der Waals surface area contributed by atoms with E-state index in [1.54, 1.807) is 6.07 Å². The van der Waals surface area contributed by atoms with Crippen molar-refractivity contribution in [2.75, 3.05) is 24.7 Å². The number of rotatable bonds is 4. The smallest absolute Gasteiger partial charge is 0.191 e. The van der Waals surface area contributed by atoms with Gasteiger partial charge in [-0.15, -0.1) is 0 Å². The summed E-state index contributed by atoms with van der Waals surface area (Å²) in [7, 11) is -2.91. The van der Waals surface area contributed by atoms with Crippen LogP contribution in [0.15, 0.2) is 23.2 Å². The van der Waals surface area contributed by atoms with E-state index in [0.29, 0.717) is 37.7 Å². The Kier molecular flexibility index (Phi) is 5.70. The second-order valence-electron chi connectivity index (χ2n) is 7.27. The summed E-state index contributed by atoms with van der Waals surface area (Å²) in [5, 5.41) is 6.63. The SMILES string of the molecule is CC(C)NC(=NCC1CCS(=O)(=O)C1)NC1CCOc2ccc(F)cc21. The summed E-state index contributed by atoms with van der Waals surface area (Å²) >= 11 is 0. The minimum absolute atomic E-state index is 0.0604. The fourth-order valence-electron chi connectivity index (χ4n) is 3.32. The Labute approximate surface area is 154 Å². The van der Waals surface area contributed by atoms with E-state index in [2.05, 4.69) is 15.6 Å². The standard InChI is InChI=1S/C18H26FN3O3S/c1-12(2)21-18(20-10-13-6-8-26(23,24)11-13)22-16-5-7-25-17-4-3-14(19)9-15(16)17/h3-4,9,12-13,16H,5-8,10-11H2,1-2H3,(H2,20,21,22). The van der Waals surface area contributed by atoms with Crippen molar-refractivity contribution in [1.82, 2.24) is 10.6 Å². The van der Waals surface area contributed by atoms with E-state index in [0.717, 1.165) is 5.56 Å². The molecule has 2 aliphatic rings. The van der Waals surface area contributed by atoms with Gasteiger partial charge in [0.05, 0.1) is 24.2 Å². The van der Waals surface area contributed by atoms with E-state index in [1.807, 2.05) is 13.8 Å². The molecule has 0 spiro atoms. The monoisotopic (exact) mass is 383 g/mol. The molecule has 26 heavy (non-hydrogen) atoms. The molecule has 0 bridgehead atoms. The lowest BCUT2D eigenvalue weighted by molar-refractivity contribution is 0.260. The van der Waals surface area contributed by atoms with Crippen molar-refractivity contribution in [3.63, 3.8) is 0 Å². The summed E-state index contributed by atoms with van der Waals surface area (Å²) in [6.45, 7) is 5.02. The lowest BCUT2D eigenvalue weighted by Gasteiger charge is -2.29. The molecule has 0 amide bonds. The minimum Gasteiger partial charge on any atom is -0.493 e. The molecule has 3 rings (SSSR count). The summed E-state index contributed by atoms with van der Waals surface area (Å²) in [5.41, 5.74) is 0.776. The molecule has 2 aliphatic heterocycles. The fraction of sp³-hybridized carbons (Fsp3) is 0.611. The average molecular weight is 383 g/mol. The highest BCUT2D eigenvalue weighted by atomic mass is 32.2. The minimum atomic E-state index is -2.91. The van der Waals surface area contributed by atoms with E-state index in [1.165, 1.54) is 12.1 Å². The summed E-state index contributed by atoms with van der Waals surface area (Å²) in [5.74, 6) is 1.52. The molecule has 2 atom stereocenters. The molecule has 0 aliphatic carbocycles. The molecule has 1 fully saturated rings. The zero-order valence-corrected chi connectivity index (χ0v) is 16.0. The van der Waals surface area contributed by atoms with Gasteiger partial charge >= 0.3 is 0 Å². The maximum atomic E-state index is 13.7. The number of nitrogens with zero attached hydrogens (tertiary/aromatic N) is 1. The van der Waals surface area contributed by atoms with Gasteiger partial charge in [-0.2, -0.15) is 0 Å². The molecule has 1 aromatic rings. The van der Waals surface area contributed by atoms with Crippen molar-refractivity contribution >= 4 is 15.8 Å². The molecule has 1 aromatic carbocycles. The van der Waals surface area contributed by atoms with Crippen molar-refractivity contribution in [3.8, 4) is 5.75 Å². The van der Waals surface area contributed by atoms with Crippen LogP contribution in [0.3, 0.4) is 0 Å². The topological polar surface area (TPSA) is 79.8 Å². The number of benzene rings is 1. The van der Waals surface area contributed by atoms with Crippen LogP contribution in [0.5, 0.6) is 5.75 Å². The van der Waals surface area contributed by atoms with Crippen LogP contribution in [-0.4, -0.2) is 45.1 Å². The van der Waals surface area contributed by atoms with Crippen molar-refractivity contribution in [2.24, 2.45) is 10.9 Å². The lowest BCUT2D eigenvalue weighted by Crippen LogP contribution is -2.44. The van der Waals surface area contributed by atoms with Crippen LogP contribution >= 0.6 is 0 Å². The first-order valence-electron chi connectivity index (χ1n) is 9.02. The first-order chi connectivity index (χ1) is 12.3. The molecular weight excluding hydrogens is 357 g/mol. The third kappa shape index (κ3) is 4.87. The van der Waals surface area contributed by atoms with Crippen LogP contribution in [0.2, 0.25) is 0 Å². The highest BCUT2D eigenvalue weighted by molar-refractivity contribution is 7.91. The molecule has 8 heteroatoms. The van der Waals surface area contributed by atoms with Crippen molar-refractivity contribution < 1.29 is 17.5 Å². The van der Waals surface area contributed by atoms with E-state index in [9.17, 15) is 12.8 Å². The summed E-state index contributed by atoms with van der Waals surface area (Å²) in [6, 6.07) is 4.59. The van der Waals surface area contributed by atoms with Gasteiger partial charge in [0.15, 0.2) is 15.8 Å². The number of nitrogens with one attached hydrogen (secondary N) is 2. The lowest BCUT2D eigenvalue weighted by atomic mass is 10.0. The Balaban J connectivity index is 1.73. The van der Waals surface area contributed by atoms with Gasteiger partial charge in [0.25, 0.3) is 0 Å². The Morgan fingerprint density at radius 2 is 2.19 bits per heavy atom. The van der Waals surface area contributed by atoms with Crippen molar-refractivity contribution in [1.29, 1.82) is 0 Å². The normalized spacial score (nSPS) is 24.8. The molecular formula is C18H26FN3O3S. The molecule has 144 valence electrons. The van der Waals surface area contributed by atoms with E-state index in [4.69, 9.17) is 4.74 Å². The van der Waals surface area contributed by atoms with Gasteiger partial charge in [-0.05, 0) is 44.4 Å². The zero-order valence-electron chi connectivity index (χ0n) is 15.2. The van der Waals surface area contributed by atoms with Crippen LogP contribution in [0, 0.1) is 11.7 Å². The number of hydrogen-bond donors (Lipinski definition) is 2. The molecule has 0 saturated carbocycles. The van der Waals surface area contributed by atoms with Gasteiger partial charge in [0.2, 0.25) is 0 Å². The van der Waals surface area contributed by atoms with Crippen molar-refractivity contribution in [2.45, 2.75) is 38.8 Å². The van der Waals surface area contributed by atoms with Crippen molar-refractivity contribution in [3.05, 3.63) is 29.6 Å². The second-order valence-corrected chi connectivity index (χ2v) is 9.50. The number of guanidine groups is 1. The Morgan fingerprint density at radius 1 is 1.38 bits per heavy atom. The zero-order chi connectivity index (χ0) is 18.7. The number of fused-ring (bicyclic) bond motifs is 1. The summed E-state index contributed by atoms with van der Waals surface area (Å²) in [6.07, 6.45) is 1.36. The predicted molar refractivity (Wildman–Crippen MR) is 99.7 cm³/mol. The van der Waals surface area contributed by atoms with Gasteiger partial charge in [0, 0.05) is 24.6 Å². The number of sulfone groups is 1. The first kappa shape index (κ1) is 18.9. The van der Waals surface area contributed by atoms with Crippen LogP contribution < -0.4 is 15.4 Å². The van der Waals surface area contributed by atoms with Gasteiger partial charge in [-0.25, -0.2) is 12.8 Å². The van der Waals surface area contributed by atoms with E-state index in [-0.39, 0.29) is 35.3 Å². The van der Waals surface area contributed by atoms with Crippen LogP contribution in [0.4, 0.5) is 4.39 Å². The highest BCUT2D eigenvalue weighted by Gasteiger charge is 2.28. The Bertz CT molecular complexity index is 780. The Hall–Kier alpha value is -1.83. The molecule has 1 saturated heterocycles. The van der Waals surface area contributed by atoms with Crippen LogP contribution in [0.25, 0.3) is 0 Å². The van der Waals surface area contributed by atoms with Gasteiger partial charge < -0.3 is 15.4 Å².